The predicted molar refractivity (Wildman–Crippen MR) is 114 cm³/mol. The molecule has 0 amide bonds. The third-order valence-corrected chi connectivity index (χ3v) is 7.23. The van der Waals surface area contributed by atoms with E-state index in [2.05, 4.69) is 35.3 Å². The van der Waals surface area contributed by atoms with Crippen molar-refractivity contribution in [1.29, 1.82) is 0 Å². The maximum Gasteiger partial charge on any atom is 0.326 e. The Morgan fingerprint density at radius 1 is 1.25 bits per heavy atom. The zero-order valence-electron chi connectivity index (χ0n) is 17.2. The largest absolute Gasteiger partial charge is 0.493 e. The third kappa shape index (κ3) is 4.23. The highest BCUT2D eigenvalue weighted by Gasteiger charge is 2.25. The minimum absolute atomic E-state index is 0.0622. The van der Waals surface area contributed by atoms with Gasteiger partial charge in [0.25, 0.3) is 5.62 Å². The number of hydrogen-bond donors (Lipinski definition) is 4. The average Bonchev–Trinajstić information content (AvgIpc) is 3.13. The van der Waals surface area contributed by atoms with Crippen LogP contribution in [0.2, 0.25) is 0 Å². The van der Waals surface area contributed by atoms with E-state index in [0.717, 1.165) is 25.7 Å². The van der Waals surface area contributed by atoms with Crippen LogP contribution in [0.3, 0.4) is 0 Å². The SMILES string of the molecule is O=c1[nH]c(O)c(/C=c2\cnn3c(=NC4CC4)nc(NCCS(=O)(=O)N4CCCC4)nc23)[nH]1. The van der Waals surface area contributed by atoms with Crippen LogP contribution in [0, 0.1) is 0 Å². The number of sulfonamides is 1. The highest BCUT2D eigenvalue weighted by molar-refractivity contribution is 7.89. The molecule has 3 aromatic rings. The van der Waals surface area contributed by atoms with Crippen molar-refractivity contribution in [2.24, 2.45) is 4.99 Å². The van der Waals surface area contributed by atoms with Gasteiger partial charge >= 0.3 is 5.69 Å². The minimum Gasteiger partial charge on any atom is -0.493 e. The quantitative estimate of drug-likeness (QED) is 0.322. The number of H-pyrrole nitrogens is 2. The number of aromatic nitrogens is 6. The zero-order valence-corrected chi connectivity index (χ0v) is 18.0. The Labute approximate surface area is 182 Å². The third-order valence-electron chi connectivity index (χ3n) is 5.36. The smallest absolute Gasteiger partial charge is 0.326 e. The fourth-order valence-electron chi connectivity index (χ4n) is 3.55. The van der Waals surface area contributed by atoms with Gasteiger partial charge in [-0.2, -0.15) is 19.6 Å². The monoisotopic (exact) mass is 461 g/mol. The lowest BCUT2D eigenvalue weighted by Crippen LogP contribution is -2.33. The molecule has 2 aliphatic rings. The van der Waals surface area contributed by atoms with Crippen molar-refractivity contribution >= 4 is 27.7 Å². The van der Waals surface area contributed by atoms with Crippen LogP contribution in [0.25, 0.3) is 11.7 Å². The number of fused-ring (bicyclic) bond motifs is 1. The Bertz CT molecular complexity index is 1430. The van der Waals surface area contributed by atoms with E-state index < -0.39 is 15.7 Å². The van der Waals surface area contributed by atoms with Crippen molar-refractivity contribution in [3.05, 3.63) is 33.2 Å². The Kier molecular flexibility index (Phi) is 5.17. The number of rotatable bonds is 7. The van der Waals surface area contributed by atoms with Crippen LogP contribution in [0.15, 0.2) is 16.0 Å². The molecule has 13 nitrogen and oxygen atoms in total. The molecule has 0 aromatic carbocycles. The molecule has 4 heterocycles. The maximum absolute atomic E-state index is 12.5. The summed E-state index contributed by atoms with van der Waals surface area (Å²) in [6.45, 7) is 1.29. The molecule has 170 valence electrons. The van der Waals surface area contributed by atoms with Gasteiger partial charge < -0.3 is 15.4 Å². The van der Waals surface area contributed by atoms with Gasteiger partial charge in [-0.15, -0.1) is 0 Å². The number of nitrogens with one attached hydrogen (secondary N) is 3. The molecule has 4 N–H and O–H groups in total. The first-order valence-electron chi connectivity index (χ1n) is 10.4. The van der Waals surface area contributed by atoms with Crippen molar-refractivity contribution in [1.82, 2.24) is 33.9 Å². The van der Waals surface area contributed by atoms with Gasteiger partial charge in [0.2, 0.25) is 21.9 Å². The molecule has 1 aliphatic carbocycles. The highest BCUT2D eigenvalue weighted by atomic mass is 32.2. The van der Waals surface area contributed by atoms with E-state index in [1.807, 2.05) is 0 Å². The molecule has 5 rings (SSSR count). The summed E-state index contributed by atoms with van der Waals surface area (Å²) >= 11 is 0. The van der Waals surface area contributed by atoms with Crippen LogP contribution in [0.1, 0.15) is 31.4 Å². The number of hydrogen-bond acceptors (Lipinski definition) is 9. The van der Waals surface area contributed by atoms with E-state index in [-0.39, 0.29) is 35.9 Å². The van der Waals surface area contributed by atoms with E-state index in [9.17, 15) is 18.3 Å². The highest BCUT2D eigenvalue weighted by Crippen LogP contribution is 2.22. The minimum atomic E-state index is -3.33. The van der Waals surface area contributed by atoms with Crippen LogP contribution < -0.4 is 21.8 Å². The number of nitrogens with zero attached hydrogens (tertiary/aromatic N) is 6. The van der Waals surface area contributed by atoms with Crippen molar-refractivity contribution in [3.8, 4) is 5.88 Å². The fourth-order valence-corrected chi connectivity index (χ4v) is 4.98. The van der Waals surface area contributed by atoms with Crippen molar-refractivity contribution < 1.29 is 13.5 Å². The van der Waals surface area contributed by atoms with Crippen LogP contribution in [0.5, 0.6) is 5.88 Å². The van der Waals surface area contributed by atoms with Crippen LogP contribution in [0.4, 0.5) is 5.95 Å². The Morgan fingerprint density at radius 3 is 2.72 bits per heavy atom. The molecule has 0 spiro atoms. The van der Waals surface area contributed by atoms with Gasteiger partial charge in [0, 0.05) is 24.9 Å². The van der Waals surface area contributed by atoms with Gasteiger partial charge in [-0.3, -0.25) is 4.98 Å². The summed E-state index contributed by atoms with van der Waals surface area (Å²) in [5, 5.41) is 17.7. The summed E-state index contributed by atoms with van der Waals surface area (Å²) in [5.41, 5.74) is 0.417. The molecule has 32 heavy (non-hydrogen) atoms. The number of anilines is 1. The Hall–Kier alpha value is -3.26. The second kappa shape index (κ2) is 8.02. The van der Waals surface area contributed by atoms with Gasteiger partial charge in [0.15, 0.2) is 5.65 Å². The number of aromatic hydroxyl groups is 1. The molecule has 1 saturated heterocycles. The van der Waals surface area contributed by atoms with Crippen LogP contribution in [-0.4, -0.2) is 78.8 Å². The molecule has 1 aliphatic heterocycles. The van der Waals surface area contributed by atoms with Crippen molar-refractivity contribution in [2.45, 2.75) is 31.7 Å². The molecular formula is C18H23N9O4S. The summed E-state index contributed by atoms with van der Waals surface area (Å²) in [6.07, 6.45) is 6.79. The lowest BCUT2D eigenvalue weighted by atomic mass is 10.3. The topological polar surface area (TPSA) is 174 Å². The summed E-state index contributed by atoms with van der Waals surface area (Å²) in [4.78, 5) is 29.6. The summed E-state index contributed by atoms with van der Waals surface area (Å²) in [6, 6.07) is 0.179. The molecule has 0 unspecified atom stereocenters. The van der Waals surface area contributed by atoms with Gasteiger partial charge in [0.05, 0.1) is 18.0 Å². The molecule has 14 heteroatoms. The fraction of sp³-hybridized carbons (Fsp3) is 0.500. The standard InChI is InChI=1S/C18H23N9O4S/c28-15-13(22-18(29)24-15)9-11-10-20-27-14(11)23-16(25-17(27)21-12-3-4-12)19-5-8-32(30,31)26-6-1-2-7-26/h9-10,12,28H,1-8H2,(H,19,21,25)(H2,22,24,29)/b11-9+. The summed E-state index contributed by atoms with van der Waals surface area (Å²) < 4.78 is 27.9. The zero-order chi connectivity index (χ0) is 22.3. The van der Waals surface area contributed by atoms with E-state index in [1.54, 1.807) is 0 Å². The van der Waals surface area contributed by atoms with Gasteiger partial charge in [-0.1, -0.05) is 0 Å². The second-order valence-corrected chi connectivity index (χ2v) is 9.97. The first kappa shape index (κ1) is 20.6. The summed E-state index contributed by atoms with van der Waals surface area (Å²) in [5.74, 6) is -0.125. The van der Waals surface area contributed by atoms with E-state index in [0.29, 0.717) is 29.6 Å². The van der Waals surface area contributed by atoms with Crippen molar-refractivity contribution in [2.75, 3.05) is 30.7 Å². The molecule has 0 bridgehead atoms. The Morgan fingerprint density at radius 2 is 2.03 bits per heavy atom. The van der Waals surface area contributed by atoms with Gasteiger partial charge in [-0.25, -0.2) is 22.5 Å². The van der Waals surface area contributed by atoms with E-state index in [4.69, 9.17) is 0 Å². The van der Waals surface area contributed by atoms with Crippen molar-refractivity contribution in [3.63, 3.8) is 0 Å². The molecule has 2 fully saturated rings. The lowest BCUT2D eigenvalue weighted by Gasteiger charge is -2.15. The van der Waals surface area contributed by atoms with E-state index >= 15 is 0 Å². The maximum atomic E-state index is 12.5. The molecular weight excluding hydrogens is 438 g/mol. The average molecular weight is 462 g/mol. The molecule has 3 aromatic heterocycles. The summed E-state index contributed by atoms with van der Waals surface area (Å²) in [7, 11) is -3.33. The lowest BCUT2D eigenvalue weighted by molar-refractivity contribution is 0.454. The van der Waals surface area contributed by atoms with Crippen LogP contribution in [-0.2, 0) is 10.0 Å². The first-order chi connectivity index (χ1) is 15.4. The predicted octanol–water partition coefficient (Wildman–Crippen LogP) is -1.71. The molecule has 1 saturated carbocycles. The van der Waals surface area contributed by atoms with Gasteiger partial charge in [-0.05, 0) is 31.8 Å². The van der Waals surface area contributed by atoms with Gasteiger partial charge in [0.1, 0.15) is 5.69 Å². The molecule has 0 radical (unpaired) electrons. The van der Waals surface area contributed by atoms with E-state index in [1.165, 1.54) is 21.1 Å². The normalized spacial score (nSPS) is 18.8. The first-order valence-corrected chi connectivity index (χ1v) is 12.0. The Balaban J connectivity index is 1.47. The second-order valence-electron chi connectivity index (χ2n) is 7.88. The number of imidazole rings is 1. The molecule has 0 atom stereocenters. The van der Waals surface area contributed by atoms with Crippen LogP contribution >= 0.6 is 0 Å². The number of aromatic amines is 2.